The second kappa shape index (κ2) is 6.99. The van der Waals surface area contributed by atoms with Crippen molar-refractivity contribution < 1.29 is 9.53 Å². The Hall–Kier alpha value is -3.06. The first-order chi connectivity index (χ1) is 15.1. The van der Waals surface area contributed by atoms with E-state index < -0.39 is 5.60 Å². The van der Waals surface area contributed by atoms with Crippen LogP contribution >= 0.6 is 0 Å². The molecule has 1 aromatic carbocycles. The molecule has 158 valence electrons. The summed E-state index contributed by atoms with van der Waals surface area (Å²) < 4.78 is 6.26. The molecule has 3 aromatic rings. The van der Waals surface area contributed by atoms with Crippen molar-refractivity contribution in [2.24, 2.45) is 0 Å². The number of aromatic nitrogens is 3. The Kier molecular flexibility index (Phi) is 4.21. The number of fused-ring (bicyclic) bond motifs is 3. The highest BCUT2D eigenvalue weighted by atomic mass is 16.5. The first-order valence-electron chi connectivity index (χ1n) is 11.1. The topological polar surface area (TPSA) is 94.2 Å². The van der Waals surface area contributed by atoms with Crippen molar-refractivity contribution in [2.75, 3.05) is 25.4 Å². The van der Waals surface area contributed by atoms with Crippen LogP contribution in [0.15, 0.2) is 36.5 Å². The number of hydrogen-bond acceptors (Lipinski definition) is 6. The maximum Gasteiger partial charge on any atom is 0.254 e. The number of ether oxygens (including phenoxy) is 1. The highest BCUT2D eigenvalue weighted by molar-refractivity contribution is 6.06. The predicted molar refractivity (Wildman–Crippen MR) is 117 cm³/mol. The van der Waals surface area contributed by atoms with Crippen LogP contribution in [0.5, 0.6) is 0 Å². The van der Waals surface area contributed by atoms with Crippen molar-refractivity contribution in [1.29, 1.82) is 0 Å². The number of pyridine rings is 1. The van der Waals surface area contributed by atoms with E-state index in [0.29, 0.717) is 38.5 Å². The third-order valence-electron chi connectivity index (χ3n) is 6.88. The zero-order chi connectivity index (χ0) is 21.0. The van der Waals surface area contributed by atoms with Crippen molar-refractivity contribution >= 4 is 22.8 Å². The molecule has 1 amide bonds. The SMILES string of the molecule is Nc1ncc2c(n1)C1(CCN(C(=O)c3cc(C4CC4)nc4ccccc34)CC1)OCC2. The lowest BCUT2D eigenvalue weighted by Gasteiger charge is -2.44. The molecule has 7 nitrogen and oxygen atoms in total. The number of carbonyl (C=O) groups excluding carboxylic acids is 1. The van der Waals surface area contributed by atoms with Gasteiger partial charge in [0.25, 0.3) is 5.91 Å². The second-order valence-corrected chi connectivity index (χ2v) is 8.87. The standard InChI is InChI=1S/C24H25N5O2/c25-23-26-14-16-7-12-31-24(21(16)28-23)8-10-29(11-9-24)22(30)18-13-20(15-5-6-15)27-19-4-2-1-3-17(18)19/h1-4,13-15H,5-12H2,(H2,25,26,28). The van der Waals surface area contributed by atoms with Gasteiger partial charge in [-0.3, -0.25) is 9.78 Å². The van der Waals surface area contributed by atoms with Gasteiger partial charge in [0.15, 0.2) is 0 Å². The predicted octanol–water partition coefficient (Wildman–Crippen LogP) is 3.19. The molecule has 2 N–H and O–H groups in total. The lowest BCUT2D eigenvalue weighted by atomic mass is 9.83. The van der Waals surface area contributed by atoms with Crippen LogP contribution in [0.2, 0.25) is 0 Å². The average molecular weight is 415 g/mol. The molecule has 1 aliphatic carbocycles. The minimum atomic E-state index is -0.471. The summed E-state index contributed by atoms with van der Waals surface area (Å²) in [6.45, 7) is 1.89. The van der Waals surface area contributed by atoms with E-state index >= 15 is 0 Å². The smallest absolute Gasteiger partial charge is 0.254 e. The molecule has 2 fully saturated rings. The lowest BCUT2D eigenvalue weighted by molar-refractivity contribution is -0.0966. The van der Waals surface area contributed by atoms with Crippen LogP contribution in [0.4, 0.5) is 5.95 Å². The Morgan fingerprint density at radius 2 is 1.97 bits per heavy atom. The molecule has 2 aliphatic heterocycles. The van der Waals surface area contributed by atoms with Crippen LogP contribution in [0.25, 0.3) is 10.9 Å². The van der Waals surface area contributed by atoms with Gasteiger partial charge < -0.3 is 15.4 Å². The maximum absolute atomic E-state index is 13.6. The first-order valence-corrected chi connectivity index (χ1v) is 11.1. The van der Waals surface area contributed by atoms with Crippen LogP contribution in [-0.4, -0.2) is 45.5 Å². The van der Waals surface area contributed by atoms with Gasteiger partial charge in [-0.1, -0.05) is 18.2 Å². The molecular formula is C24H25N5O2. The van der Waals surface area contributed by atoms with E-state index in [0.717, 1.165) is 52.7 Å². The number of para-hydroxylation sites is 1. The number of piperidine rings is 1. The van der Waals surface area contributed by atoms with Gasteiger partial charge in [-0.05, 0) is 49.8 Å². The lowest BCUT2D eigenvalue weighted by Crippen LogP contribution is -2.49. The van der Waals surface area contributed by atoms with Gasteiger partial charge in [0.1, 0.15) is 5.60 Å². The van der Waals surface area contributed by atoms with Crippen LogP contribution in [0.1, 0.15) is 58.9 Å². The number of amides is 1. The summed E-state index contributed by atoms with van der Waals surface area (Å²) in [6.07, 6.45) is 6.36. The summed E-state index contributed by atoms with van der Waals surface area (Å²) in [5, 5.41) is 0.928. The summed E-state index contributed by atoms with van der Waals surface area (Å²) in [4.78, 5) is 29.0. The van der Waals surface area contributed by atoms with E-state index in [1.165, 1.54) is 0 Å². The largest absolute Gasteiger partial charge is 0.368 e. The van der Waals surface area contributed by atoms with Gasteiger partial charge in [0.05, 0.1) is 23.4 Å². The summed E-state index contributed by atoms with van der Waals surface area (Å²) in [5.74, 6) is 0.852. The molecule has 1 saturated carbocycles. The van der Waals surface area contributed by atoms with Gasteiger partial charge >= 0.3 is 0 Å². The van der Waals surface area contributed by atoms with Crippen molar-refractivity contribution in [3.8, 4) is 0 Å². The highest BCUT2D eigenvalue weighted by Gasteiger charge is 2.43. The van der Waals surface area contributed by atoms with E-state index in [1.54, 1.807) is 0 Å². The number of likely N-dealkylation sites (tertiary alicyclic amines) is 1. The normalized spacial score (nSPS) is 20.1. The number of benzene rings is 1. The number of carbonyl (C=O) groups is 1. The number of nitrogens with two attached hydrogens (primary N) is 1. The first kappa shape index (κ1) is 18.7. The summed E-state index contributed by atoms with van der Waals surface area (Å²) >= 11 is 0. The Labute approximate surface area is 180 Å². The molecule has 0 radical (unpaired) electrons. The zero-order valence-electron chi connectivity index (χ0n) is 17.4. The zero-order valence-corrected chi connectivity index (χ0v) is 17.4. The Balaban J connectivity index is 1.30. The van der Waals surface area contributed by atoms with Gasteiger partial charge in [0.2, 0.25) is 5.95 Å². The summed E-state index contributed by atoms with van der Waals surface area (Å²) in [6, 6.07) is 9.97. The number of anilines is 1. The van der Waals surface area contributed by atoms with Gasteiger partial charge in [-0.2, -0.15) is 0 Å². The van der Waals surface area contributed by atoms with Crippen LogP contribution in [-0.2, 0) is 16.8 Å². The minimum Gasteiger partial charge on any atom is -0.368 e. The summed E-state index contributed by atoms with van der Waals surface area (Å²) in [5.41, 5.74) is 10.1. The minimum absolute atomic E-state index is 0.0774. The number of rotatable bonds is 2. The number of nitrogens with zero attached hydrogens (tertiary/aromatic N) is 4. The van der Waals surface area contributed by atoms with E-state index in [1.807, 2.05) is 41.4 Å². The van der Waals surface area contributed by atoms with E-state index in [2.05, 4.69) is 9.97 Å². The molecular weight excluding hydrogens is 390 g/mol. The highest BCUT2D eigenvalue weighted by Crippen LogP contribution is 2.42. The van der Waals surface area contributed by atoms with Gasteiger partial charge in [-0.15, -0.1) is 0 Å². The van der Waals surface area contributed by atoms with E-state index in [4.69, 9.17) is 15.5 Å². The molecule has 0 unspecified atom stereocenters. The van der Waals surface area contributed by atoms with Crippen molar-refractivity contribution in [3.05, 3.63) is 59.0 Å². The Bertz CT molecular complexity index is 1180. The quantitative estimate of drug-likeness (QED) is 0.691. The van der Waals surface area contributed by atoms with E-state index in [9.17, 15) is 4.79 Å². The van der Waals surface area contributed by atoms with Gasteiger partial charge in [-0.25, -0.2) is 9.97 Å². The number of hydrogen-bond donors (Lipinski definition) is 1. The molecule has 7 heteroatoms. The van der Waals surface area contributed by atoms with Crippen molar-refractivity contribution in [2.45, 2.75) is 43.6 Å². The molecule has 0 bridgehead atoms. The van der Waals surface area contributed by atoms with Crippen molar-refractivity contribution in [3.63, 3.8) is 0 Å². The molecule has 3 aliphatic rings. The van der Waals surface area contributed by atoms with Gasteiger partial charge in [0, 0.05) is 36.3 Å². The van der Waals surface area contributed by atoms with E-state index in [-0.39, 0.29) is 11.9 Å². The van der Waals surface area contributed by atoms with Crippen LogP contribution < -0.4 is 5.73 Å². The monoisotopic (exact) mass is 415 g/mol. The second-order valence-electron chi connectivity index (χ2n) is 8.87. The molecule has 1 spiro atoms. The van der Waals surface area contributed by atoms with Crippen molar-refractivity contribution in [1.82, 2.24) is 19.9 Å². The fourth-order valence-corrected chi connectivity index (χ4v) is 5.01. The molecule has 2 aromatic heterocycles. The average Bonchev–Trinajstić information content (AvgIpc) is 3.65. The Morgan fingerprint density at radius 3 is 2.77 bits per heavy atom. The van der Waals surface area contributed by atoms with Crippen LogP contribution in [0.3, 0.4) is 0 Å². The molecule has 1 saturated heterocycles. The van der Waals surface area contributed by atoms with Crippen LogP contribution in [0, 0.1) is 0 Å². The number of nitrogen functional groups attached to an aromatic ring is 1. The fourth-order valence-electron chi connectivity index (χ4n) is 5.01. The Morgan fingerprint density at radius 1 is 1.16 bits per heavy atom. The molecule has 0 atom stereocenters. The summed E-state index contributed by atoms with van der Waals surface area (Å²) in [7, 11) is 0. The third kappa shape index (κ3) is 3.15. The third-order valence-corrected chi connectivity index (χ3v) is 6.88. The maximum atomic E-state index is 13.6. The fraction of sp³-hybridized carbons (Fsp3) is 0.417. The molecule has 4 heterocycles. The molecule has 31 heavy (non-hydrogen) atoms. The molecule has 6 rings (SSSR count).